The summed E-state index contributed by atoms with van der Waals surface area (Å²) < 4.78 is 4.76. The van der Waals surface area contributed by atoms with Gasteiger partial charge in [-0.2, -0.15) is 0 Å². The summed E-state index contributed by atoms with van der Waals surface area (Å²) >= 11 is 0. The van der Waals surface area contributed by atoms with Crippen molar-refractivity contribution in [3.63, 3.8) is 0 Å². The topological polar surface area (TPSA) is 99.7 Å². The molecular formula is C19H22N6O3. The smallest absolute Gasteiger partial charge is 0.407 e. The first-order chi connectivity index (χ1) is 13.7. The van der Waals surface area contributed by atoms with Gasteiger partial charge in [0.15, 0.2) is 0 Å². The Labute approximate surface area is 162 Å². The summed E-state index contributed by atoms with van der Waals surface area (Å²) in [7, 11) is 0. The number of aromatic nitrogens is 2. The van der Waals surface area contributed by atoms with Crippen LogP contribution in [0.15, 0.2) is 42.7 Å². The van der Waals surface area contributed by atoms with Gasteiger partial charge in [0.05, 0.1) is 0 Å². The molecule has 2 aromatic heterocycles. The summed E-state index contributed by atoms with van der Waals surface area (Å²) in [6.45, 7) is 3.74. The SMILES string of the molecule is O=C1N[C@H](C(=O)NCc2cccnc2N2CCN(c3ccccn3)CC2)CO1. The molecule has 2 saturated heterocycles. The fourth-order valence-electron chi connectivity index (χ4n) is 3.37. The maximum absolute atomic E-state index is 12.2. The average molecular weight is 382 g/mol. The highest BCUT2D eigenvalue weighted by Crippen LogP contribution is 2.21. The molecule has 0 unspecified atom stereocenters. The zero-order chi connectivity index (χ0) is 19.3. The van der Waals surface area contributed by atoms with Crippen molar-refractivity contribution < 1.29 is 14.3 Å². The number of piperazine rings is 1. The zero-order valence-corrected chi connectivity index (χ0v) is 15.4. The molecule has 2 aliphatic rings. The largest absolute Gasteiger partial charge is 0.447 e. The number of anilines is 2. The number of rotatable bonds is 5. The molecule has 4 rings (SSSR count). The molecule has 2 N–H and O–H groups in total. The van der Waals surface area contributed by atoms with Crippen molar-refractivity contribution >= 4 is 23.6 Å². The predicted molar refractivity (Wildman–Crippen MR) is 103 cm³/mol. The van der Waals surface area contributed by atoms with Gasteiger partial charge in [0.2, 0.25) is 5.91 Å². The van der Waals surface area contributed by atoms with E-state index >= 15 is 0 Å². The molecule has 9 heteroatoms. The van der Waals surface area contributed by atoms with E-state index in [1.165, 1.54) is 0 Å². The van der Waals surface area contributed by atoms with E-state index in [4.69, 9.17) is 4.74 Å². The van der Waals surface area contributed by atoms with Crippen LogP contribution in [0.2, 0.25) is 0 Å². The summed E-state index contributed by atoms with van der Waals surface area (Å²) in [6, 6.07) is 9.09. The van der Waals surface area contributed by atoms with Gasteiger partial charge in [-0.1, -0.05) is 12.1 Å². The Balaban J connectivity index is 1.37. The van der Waals surface area contributed by atoms with Crippen molar-refractivity contribution in [2.45, 2.75) is 12.6 Å². The molecule has 2 aromatic rings. The maximum Gasteiger partial charge on any atom is 0.407 e. The van der Waals surface area contributed by atoms with E-state index in [0.717, 1.165) is 43.4 Å². The minimum Gasteiger partial charge on any atom is -0.447 e. The average Bonchev–Trinajstić information content (AvgIpc) is 3.19. The Morgan fingerprint density at radius 2 is 1.89 bits per heavy atom. The first-order valence-corrected chi connectivity index (χ1v) is 9.26. The monoisotopic (exact) mass is 382 g/mol. The lowest BCUT2D eigenvalue weighted by atomic mass is 10.2. The van der Waals surface area contributed by atoms with Gasteiger partial charge in [-0.05, 0) is 18.2 Å². The van der Waals surface area contributed by atoms with Crippen LogP contribution in [-0.2, 0) is 16.1 Å². The highest BCUT2D eigenvalue weighted by molar-refractivity contribution is 5.87. The Morgan fingerprint density at radius 3 is 2.61 bits per heavy atom. The number of ether oxygens (including phenoxy) is 1. The van der Waals surface area contributed by atoms with Crippen molar-refractivity contribution in [2.75, 3.05) is 42.6 Å². The number of nitrogens with zero attached hydrogens (tertiary/aromatic N) is 4. The quantitative estimate of drug-likeness (QED) is 0.778. The number of carbonyl (C=O) groups excluding carboxylic acids is 2. The number of cyclic esters (lactones) is 1. The van der Waals surface area contributed by atoms with E-state index < -0.39 is 12.1 Å². The lowest BCUT2D eigenvalue weighted by Crippen LogP contribution is -2.47. The van der Waals surface area contributed by atoms with Gasteiger partial charge in [0, 0.05) is 50.7 Å². The second-order valence-electron chi connectivity index (χ2n) is 6.66. The van der Waals surface area contributed by atoms with E-state index in [2.05, 4.69) is 30.4 Å². The van der Waals surface area contributed by atoms with Crippen molar-refractivity contribution in [1.29, 1.82) is 0 Å². The highest BCUT2D eigenvalue weighted by Gasteiger charge is 2.29. The molecule has 1 atom stereocenters. The van der Waals surface area contributed by atoms with Crippen LogP contribution < -0.4 is 20.4 Å². The number of nitrogens with one attached hydrogen (secondary N) is 2. The summed E-state index contributed by atoms with van der Waals surface area (Å²) in [5.41, 5.74) is 0.937. The molecule has 2 amide bonds. The van der Waals surface area contributed by atoms with Crippen LogP contribution >= 0.6 is 0 Å². The van der Waals surface area contributed by atoms with E-state index in [-0.39, 0.29) is 12.5 Å². The van der Waals surface area contributed by atoms with E-state index in [1.54, 1.807) is 12.4 Å². The standard InChI is InChI=1S/C19H22N6O3/c26-18(15-13-28-19(27)23-15)22-12-14-4-3-7-21-17(14)25-10-8-24(9-11-25)16-5-1-2-6-20-16/h1-7,15H,8-13H2,(H,22,26)(H,23,27)/t15-/m0/s1. The van der Waals surface area contributed by atoms with Gasteiger partial charge in [0.1, 0.15) is 24.3 Å². The molecule has 2 fully saturated rings. The molecule has 9 nitrogen and oxygen atoms in total. The molecule has 146 valence electrons. The van der Waals surface area contributed by atoms with E-state index in [9.17, 15) is 9.59 Å². The van der Waals surface area contributed by atoms with Crippen LogP contribution in [0.25, 0.3) is 0 Å². The molecule has 0 aromatic carbocycles. The number of carbonyl (C=O) groups is 2. The molecule has 2 aliphatic heterocycles. The van der Waals surface area contributed by atoms with Crippen molar-refractivity contribution in [1.82, 2.24) is 20.6 Å². The Hall–Kier alpha value is -3.36. The van der Waals surface area contributed by atoms with Crippen LogP contribution in [0.4, 0.5) is 16.4 Å². The number of hydrogen-bond donors (Lipinski definition) is 2. The van der Waals surface area contributed by atoms with Crippen LogP contribution in [0.5, 0.6) is 0 Å². The number of alkyl carbamates (subject to hydrolysis) is 1. The van der Waals surface area contributed by atoms with Crippen LogP contribution in [-0.4, -0.2) is 60.8 Å². The molecule has 0 aliphatic carbocycles. The maximum atomic E-state index is 12.2. The second kappa shape index (κ2) is 8.12. The van der Waals surface area contributed by atoms with Gasteiger partial charge < -0.3 is 25.2 Å². The van der Waals surface area contributed by atoms with Crippen LogP contribution in [0.3, 0.4) is 0 Å². The molecule has 0 bridgehead atoms. The van der Waals surface area contributed by atoms with E-state index in [0.29, 0.717) is 6.54 Å². The molecule has 0 spiro atoms. The van der Waals surface area contributed by atoms with Gasteiger partial charge in [0.25, 0.3) is 0 Å². The van der Waals surface area contributed by atoms with Crippen LogP contribution in [0.1, 0.15) is 5.56 Å². The summed E-state index contributed by atoms with van der Waals surface area (Å²) in [6.07, 6.45) is 3.00. The first kappa shape index (κ1) is 18.0. The zero-order valence-electron chi connectivity index (χ0n) is 15.4. The predicted octanol–water partition coefficient (Wildman–Crippen LogP) is 0.528. The third kappa shape index (κ3) is 3.98. The fourth-order valence-corrected chi connectivity index (χ4v) is 3.37. The minimum atomic E-state index is -0.644. The third-order valence-corrected chi connectivity index (χ3v) is 4.86. The molecule has 4 heterocycles. The minimum absolute atomic E-state index is 0.0556. The number of amides is 2. The van der Waals surface area contributed by atoms with Crippen LogP contribution in [0, 0.1) is 0 Å². The summed E-state index contributed by atoms with van der Waals surface area (Å²) in [5.74, 6) is 1.59. The van der Waals surface area contributed by atoms with Crippen molar-refractivity contribution in [3.8, 4) is 0 Å². The van der Waals surface area contributed by atoms with Gasteiger partial charge >= 0.3 is 6.09 Å². The highest BCUT2D eigenvalue weighted by atomic mass is 16.6. The van der Waals surface area contributed by atoms with E-state index in [1.807, 2.05) is 30.3 Å². The van der Waals surface area contributed by atoms with Gasteiger partial charge in [-0.3, -0.25) is 4.79 Å². The molecule has 0 radical (unpaired) electrons. The molecule has 0 saturated carbocycles. The molecular weight excluding hydrogens is 360 g/mol. The Bertz CT molecular complexity index is 839. The normalized spacial score (nSPS) is 19.1. The lowest BCUT2D eigenvalue weighted by Gasteiger charge is -2.36. The summed E-state index contributed by atoms with van der Waals surface area (Å²) in [5, 5.41) is 5.33. The Morgan fingerprint density at radius 1 is 1.11 bits per heavy atom. The second-order valence-corrected chi connectivity index (χ2v) is 6.66. The Kier molecular flexibility index (Phi) is 5.22. The molecule has 28 heavy (non-hydrogen) atoms. The van der Waals surface area contributed by atoms with Crippen molar-refractivity contribution in [2.24, 2.45) is 0 Å². The first-order valence-electron chi connectivity index (χ1n) is 9.26. The number of hydrogen-bond acceptors (Lipinski definition) is 7. The number of pyridine rings is 2. The van der Waals surface area contributed by atoms with Gasteiger partial charge in [-0.25, -0.2) is 14.8 Å². The summed E-state index contributed by atoms with van der Waals surface area (Å²) in [4.78, 5) is 36.7. The third-order valence-electron chi connectivity index (χ3n) is 4.86. The van der Waals surface area contributed by atoms with Crippen molar-refractivity contribution in [3.05, 3.63) is 48.3 Å². The fraction of sp³-hybridized carbons (Fsp3) is 0.368. The van der Waals surface area contributed by atoms with Gasteiger partial charge in [-0.15, -0.1) is 0 Å². The lowest BCUT2D eigenvalue weighted by molar-refractivity contribution is -0.122.